The van der Waals surface area contributed by atoms with E-state index in [4.69, 9.17) is 9.26 Å². The lowest BCUT2D eigenvalue weighted by molar-refractivity contribution is 0.308. The number of nitrogens with zero attached hydrogens (tertiary/aromatic N) is 2. The van der Waals surface area contributed by atoms with Gasteiger partial charge in [-0.25, -0.2) is 0 Å². The van der Waals surface area contributed by atoms with Gasteiger partial charge in [-0.15, -0.1) is 12.4 Å². The Labute approximate surface area is 111 Å². The third-order valence-corrected chi connectivity index (χ3v) is 2.92. The van der Waals surface area contributed by atoms with Crippen LogP contribution in [0.1, 0.15) is 11.8 Å². The van der Waals surface area contributed by atoms with Crippen LogP contribution in [0.15, 0.2) is 28.8 Å². The minimum absolute atomic E-state index is 0. The molecule has 18 heavy (non-hydrogen) atoms. The molecule has 2 heterocycles. The van der Waals surface area contributed by atoms with Gasteiger partial charge in [-0.2, -0.15) is 4.98 Å². The Kier molecular flexibility index (Phi) is 3.84. The van der Waals surface area contributed by atoms with Gasteiger partial charge >= 0.3 is 0 Å². The van der Waals surface area contributed by atoms with Crippen LogP contribution in [0.5, 0.6) is 5.75 Å². The van der Waals surface area contributed by atoms with E-state index in [1.54, 1.807) is 7.11 Å². The summed E-state index contributed by atoms with van der Waals surface area (Å²) in [6, 6.07) is 7.62. The van der Waals surface area contributed by atoms with Gasteiger partial charge in [0.2, 0.25) is 11.7 Å². The summed E-state index contributed by atoms with van der Waals surface area (Å²) in [5.41, 5.74) is 0.938. The van der Waals surface area contributed by atoms with E-state index in [-0.39, 0.29) is 12.4 Å². The van der Waals surface area contributed by atoms with Crippen LogP contribution in [0.25, 0.3) is 11.4 Å². The molecule has 0 atom stereocenters. The lowest BCUT2D eigenvalue weighted by Crippen LogP contribution is -2.40. The van der Waals surface area contributed by atoms with Crippen LogP contribution in [-0.2, 0) is 0 Å². The van der Waals surface area contributed by atoms with Gasteiger partial charge in [0.05, 0.1) is 13.0 Å². The number of aromatic nitrogens is 2. The smallest absolute Gasteiger partial charge is 0.232 e. The second kappa shape index (κ2) is 5.37. The molecular weight excluding hydrogens is 254 g/mol. The van der Waals surface area contributed by atoms with Gasteiger partial charge in [0.1, 0.15) is 5.75 Å². The Morgan fingerprint density at radius 1 is 1.28 bits per heavy atom. The molecule has 1 aromatic heterocycles. The Hall–Kier alpha value is -1.59. The van der Waals surface area contributed by atoms with E-state index in [1.807, 2.05) is 24.3 Å². The van der Waals surface area contributed by atoms with Gasteiger partial charge in [-0.3, -0.25) is 0 Å². The predicted molar refractivity (Wildman–Crippen MR) is 69.1 cm³/mol. The molecule has 3 rings (SSSR count). The summed E-state index contributed by atoms with van der Waals surface area (Å²) in [4.78, 5) is 4.40. The number of rotatable bonds is 3. The maximum Gasteiger partial charge on any atom is 0.232 e. The molecule has 0 spiro atoms. The quantitative estimate of drug-likeness (QED) is 0.920. The SMILES string of the molecule is COc1ccc(-c2noc(C3CNC3)n2)cc1.Cl. The van der Waals surface area contributed by atoms with Crippen molar-refractivity contribution in [2.75, 3.05) is 20.2 Å². The van der Waals surface area contributed by atoms with Crippen molar-refractivity contribution in [1.29, 1.82) is 0 Å². The Morgan fingerprint density at radius 3 is 2.56 bits per heavy atom. The minimum Gasteiger partial charge on any atom is -0.497 e. The molecule has 6 heteroatoms. The van der Waals surface area contributed by atoms with Gasteiger partial charge in [-0.05, 0) is 24.3 Å². The van der Waals surface area contributed by atoms with Crippen LogP contribution in [0, 0.1) is 0 Å². The molecule has 0 aliphatic carbocycles. The average molecular weight is 268 g/mol. The van der Waals surface area contributed by atoms with Crippen LogP contribution in [-0.4, -0.2) is 30.3 Å². The first kappa shape index (κ1) is 12.9. The number of methoxy groups -OCH3 is 1. The molecule has 1 aliphatic rings. The summed E-state index contributed by atoms with van der Waals surface area (Å²) in [7, 11) is 1.64. The standard InChI is InChI=1S/C12H13N3O2.ClH/c1-16-10-4-2-8(3-5-10)11-14-12(17-15-11)9-6-13-7-9;/h2-5,9,13H,6-7H2,1H3;1H. The molecule has 0 bridgehead atoms. The van der Waals surface area contributed by atoms with E-state index in [1.165, 1.54) is 0 Å². The average Bonchev–Trinajstić information content (AvgIpc) is 2.76. The zero-order valence-electron chi connectivity index (χ0n) is 9.92. The van der Waals surface area contributed by atoms with Crippen LogP contribution in [0.3, 0.4) is 0 Å². The van der Waals surface area contributed by atoms with Crippen LogP contribution >= 0.6 is 12.4 Å². The number of hydrogen-bond acceptors (Lipinski definition) is 5. The van der Waals surface area contributed by atoms with Crippen molar-refractivity contribution in [2.45, 2.75) is 5.92 Å². The summed E-state index contributed by atoms with van der Waals surface area (Å²) >= 11 is 0. The topological polar surface area (TPSA) is 60.2 Å². The van der Waals surface area contributed by atoms with Crippen molar-refractivity contribution < 1.29 is 9.26 Å². The first-order valence-electron chi connectivity index (χ1n) is 5.55. The van der Waals surface area contributed by atoms with Crippen molar-refractivity contribution in [3.63, 3.8) is 0 Å². The van der Waals surface area contributed by atoms with Crippen molar-refractivity contribution in [2.24, 2.45) is 0 Å². The highest BCUT2D eigenvalue weighted by Gasteiger charge is 2.25. The first-order valence-corrected chi connectivity index (χ1v) is 5.55. The fourth-order valence-corrected chi connectivity index (χ4v) is 1.72. The monoisotopic (exact) mass is 267 g/mol. The molecule has 0 radical (unpaired) electrons. The van der Waals surface area contributed by atoms with Crippen LogP contribution < -0.4 is 10.1 Å². The summed E-state index contributed by atoms with van der Waals surface area (Å²) in [6.45, 7) is 1.84. The zero-order chi connectivity index (χ0) is 11.7. The van der Waals surface area contributed by atoms with Gasteiger partial charge in [0, 0.05) is 18.7 Å². The van der Waals surface area contributed by atoms with Crippen molar-refractivity contribution in [1.82, 2.24) is 15.5 Å². The number of nitrogens with one attached hydrogen (secondary N) is 1. The second-order valence-electron chi connectivity index (χ2n) is 4.04. The van der Waals surface area contributed by atoms with Crippen molar-refractivity contribution in [3.8, 4) is 17.1 Å². The van der Waals surface area contributed by atoms with Gasteiger partial charge in [0.15, 0.2) is 0 Å². The molecule has 96 valence electrons. The molecule has 1 aromatic carbocycles. The van der Waals surface area contributed by atoms with Gasteiger partial charge < -0.3 is 14.6 Å². The summed E-state index contributed by atoms with van der Waals surface area (Å²) < 4.78 is 10.3. The highest BCUT2D eigenvalue weighted by atomic mass is 35.5. The molecule has 1 fully saturated rings. The van der Waals surface area contributed by atoms with E-state index in [0.29, 0.717) is 11.7 Å². The summed E-state index contributed by atoms with van der Waals surface area (Å²) in [6.07, 6.45) is 0. The fourth-order valence-electron chi connectivity index (χ4n) is 1.72. The molecule has 1 aliphatic heterocycles. The van der Waals surface area contributed by atoms with E-state index in [2.05, 4.69) is 15.5 Å². The molecule has 0 amide bonds. The molecular formula is C12H14ClN3O2. The largest absolute Gasteiger partial charge is 0.497 e. The fraction of sp³-hybridized carbons (Fsp3) is 0.333. The first-order chi connectivity index (χ1) is 8.36. The van der Waals surface area contributed by atoms with Crippen molar-refractivity contribution >= 4 is 12.4 Å². The molecule has 2 aromatic rings. The maximum absolute atomic E-state index is 5.25. The van der Waals surface area contributed by atoms with E-state index >= 15 is 0 Å². The molecule has 1 saturated heterocycles. The number of halogens is 1. The second-order valence-corrected chi connectivity index (χ2v) is 4.04. The minimum atomic E-state index is 0. The normalized spacial score (nSPS) is 14.7. The Morgan fingerprint density at radius 2 is 2.00 bits per heavy atom. The highest BCUT2D eigenvalue weighted by molar-refractivity contribution is 5.85. The Bertz CT molecular complexity index is 508. The molecule has 5 nitrogen and oxygen atoms in total. The van der Waals surface area contributed by atoms with E-state index in [0.717, 1.165) is 30.3 Å². The van der Waals surface area contributed by atoms with Crippen LogP contribution in [0.2, 0.25) is 0 Å². The predicted octanol–water partition coefficient (Wildman–Crippen LogP) is 1.85. The van der Waals surface area contributed by atoms with Gasteiger partial charge in [0.25, 0.3) is 0 Å². The maximum atomic E-state index is 5.25. The van der Waals surface area contributed by atoms with Crippen LogP contribution in [0.4, 0.5) is 0 Å². The van der Waals surface area contributed by atoms with Gasteiger partial charge in [-0.1, -0.05) is 5.16 Å². The molecule has 0 unspecified atom stereocenters. The highest BCUT2D eigenvalue weighted by Crippen LogP contribution is 2.23. The number of hydrogen-bond donors (Lipinski definition) is 1. The number of benzene rings is 1. The van der Waals surface area contributed by atoms with E-state index < -0.39 is 0 Å². The van der Waals surface area contributed by atoms with E-state index in [9.17, 15) is 0 Å². The molecule has 0 saturated carbocycles. The molecule has 1 N–H and O–H groups in total. The van der Waals surface area contributed by atoms with Crippen molar-refractivity contribution in [3.05, 3.63) is 30.2 Å². The summed E-state index contributed by atoms with van der Waals surface area (Å²) in [5.74, 6) is 2.54. The number of ether oxygens (including phenoxy) is 1. The lowest BCUT2D eigenvalue weighted by atomic mass is 10.0. The third kappa shape index (κ3) is 2.32. The third-order valence-electron chi connectivity index (χ3n) is 2.92. The Balaban J connectivity index is 0.00000120. The lowest BCUT2D eigenvalue weighted by Gasteiger charge is -2.22. The summed E-state index contributed by atoms with van der Waals surface area (Å²) in [5, 5.41) is 7.17. The zero-order valence-corrected chi connectivity index (χ0v) is 10.7.